The maximum absolute atomic E-state index is 13.8. The first kappa shape index (κ1) is 21.3. The number of anilines is 1. The van der Waals surface area contributed by atoms with Crippen molar-refractivity contribution in [1.29, 1.82) is 0 Å². The Morgan fingerprint density at radius 2 is 1.81 bits per heavy atom. The summed E-state index contributed by atoms with van der Waals surface area (Å²) in [6, 6.07) is 10.4. The van der Waals surface area contributed by atoms with Crippen molar-refractivity contribution >= 4 is 33.2 Å². The maximum atomic E-state index is 13.8. The number of likely N-dealkylation sites (N-methyl/N-ethyl adjacent to an activating group) is 1. The predicted octanol–water partition coefficient (Wildman–Crippen LogP) is 2.80. The molecular formula is C18H21ClFN3O3S. The zero-order valence-electron chi connectivity index (χ0n) is 15.2. The molecule has 0 atom stereocenters. The summed E-state index contributed by atoms with van der Waals surface area (Å²) >= 11 is 6.00. The highest BCUT2D eigenvalue weighted by Crippen LogP contribution is 2.21. The van der Waals surface area contributed by atoms with Crippen molar-refractivity contribution in [3.63, 3.8) is 0 Å². The zero-order chi connectivity index (χ0) is 20.2. The van der Waals surface area contributed by atoms with Crippen LogP contribution in [-0.2, 0) is 21.4 Å². The monoisotopic (exact) mass is 413 g/mol. The van der Waals surface area contributed by atoms with Gasteiger partial charge in [0, 0.05) is 36.9 Å². The van der Waals surface area contributed by atoms with Gasteiger partial charge in [-0.15, -0.1) is 0 Å². The summed E-state index contributed by atoms with van der Waals surface area (Å²) in [6.07, 6.45) is 0. The van der Waals surface area contributed by atoms with E-state index in [-0.39, 0.29) is 23.9 Å². The minimum Gasteiger partial charge on any atom is -0.325 e. The van der Waals surface area contributed by atoms with Gasteiger partial charge in [-0.05, 0) is 37.4 Å². The molecule has 0 aliphatic heterocycles. The second-order valence-corrected chi connectivity index (χ2v) is 8.79. The van der Waals surface area contributed by atoms with Gasteiger partial charge in [0.2, 0.25) is 15.9 Å². The normalized spacial score (nSPS) is 11.8. The van der Waals surface area contributed by atoms with Gasteiger partial charge in [0.15, 0.2) is 0 Å². The smallest absolute Gasteiger partial charge is 0.242 e. The number of nitrogens with one attached hydrogen (secondary N) is 1. The quantitative estimate of drug-likeness (QED) is 0.757. The number of benzene rings is 2. The third-order valence-corrected chi connectivity index (χ3v) is 5.96. The molecule has 0 aliphatic carbocycles. The summed E-state index contributed by atoms with van der Waals surface area (Å²) in [5, 5.41) is 2.94. The summed E-state index contributed by atoms with van der Waals surface area (Å²) in [5.41, 5.74) is 0.675. The molecule has 9 heteroatoms. The minimum absolute atomic E-state index is 0.0185. The van der Waals surface area contributed by atoms with E-state index in [2.05, 4.69) is 5.32 Å². The third kappa shape index (κ3) is 5.49. The van der Waals surface area contributed by atoms with Crippen molar-refractivity contribution in [2.24, 2.45) is 0 Å². The second-order valence-electron chi connectivity index (χ2n) is 6.24. The lowest BCUT2D eigenvalue weighted by atomic mass is 10.2. The highest BCUT2D eigenvalue weighted by molar-refractivity contribution is 7.89. The first-order valence-corrected chi connectivity index (χ1v) is 9.87. The van der Waals surface area contributed by atoms with Gasteiger partial charge < -0.3 is 5.32 Å². The van der Waals surface area contributed by atoms with E-state index in [1.54, 1.807) is 30.1 Å². The Labute approximate surface area is 163 Å². The SMILES string of the molecule is CN(CC(=O)Nc1cccc(S(=O)(=O)N(C)C)c1)Cc1c(F)cccc1Cl. The van der Waals surface area contributed by atoms with Gasteiger partial charge in [0.05, 0.1) is 11.4 Å². The minimum atomic E-state index is -3.59. The van der Waals surface area contributed by atoms with Gasteiger partial charge in [-0.1, -0.05) is 23.7 Å². The number of sulfonamides is 1. The molecule has 0 heterocycles. The van der Waals surface area contributed by atoms with Crippen LogP contribution in [0.3, 0.4) is 0 Å². The fourth-order valence-corrected chi connectivity index (χ4v) is 3.57. The van der Waals surface area contributed by atoms with E-state index in [9.17, 15) is 17.6 Å². The van der Waals surface area contributed by atoms with Crippen LogP contribution in [0.25, 0.3) is 0 Å². The molecule has 0 radical (unpaired) electrons. The molecule has 0 aliphatic rings. The Hall–Kier alpha value is -2.00. The van der Waals surface area contributed by atoms with E-state index in [0.29, 0.717) is 16.3 Å². The maximum Gasteiger partial charge on any atom is 0.242 e. The highest BCUT2D eigenvalue weighted by atomic mass is 35.5. The molecule has 0 unspecified atom stereocenters. The Bertz CT molecular complexity index is 915. The number of carbonyl (C=O) groups excluding carboxylic acids is 1. The zero-order valence-corrected chi connectivity index (χ0v) is 16.8. The summed E-state index contributed by atoms with van der Waals surface area (Å²) < 4.78 is 39.3. The molecule has 1 N–H and O–H groups in total. The van der Waals surface area contributed by atoms with Crippen LogP contribution in [0.15, 0.2) is 47.4 Å². The highest BCUT2D eigenvalue weighted by Gasteiger charge is 2.18. The van der Waals surface area contributed by atoms with Gasteiger partial charge in [-0.3, -0.25) is 9.69 Å². The molecule has 0 bridgehead atoms. The average molecular weight is 414 g/mol. The van der Waals surface area contributed by atoms with E-state index in [1.165, 1.54) is 38.4 Å². The Morgan fingerprint density at radius 3 is 2.44 bits per heavy atom. The predicted molar refractivity (Wildman–Crippen MR) is 104 cm³/mol. The summed E-state index contributed by atoms with van der Waals surface area (Å²) in [4.78, 5) is 13.9. The topological polar surface area (TPSA) is 69.7 Å². The molecular weight excluding hydrogens is 393 g/mol. The first-order valence-electron chi connectivity index (χ1n) is 8.05. The molecule has 0 aromatic heterocycles. The van der Waals surface area contributed by atoms with E-state index in [4.69, 9.17) is 11.6 Å². The lowest BCUT2D eigenvalue weighted by molar-refractivity contribution is -0.117. The number of carbonyl (C=O) groups is 1. The van der Waals surface area contributed by atoms with Gasteiger partial charge in [0.1, 0.15) is 5.82 Å². The van der Waals surface area contributed by atoms with Crippen LogP contribution in [0.2, 0.25) is 5.02 Å². The Morgan fingerprint density at radius 1 is 1.15 bits per heavy atom. The van der Waals surface area contributed by atoms with Crippen LogP contribution in [0.4, 0.5) is 10.1 Å². The summed E-state index contributed by atoms with van der Waals surface area (Å²) in [5.74, 6) is -0.791. The van der Waals surface area contributed by atoms with Crippen LogP contribution in [-0.4, -0.2) is 51.2 Å². The van der Waals surface area contributed by atoms with E-state index >= 15 is 0 Å². The number of rotatable bonds is 7. The third-order valence-electron chi connectivity index (χ3n) is 3.80. The van der Waals surface area contributed by atoms with Crippen LogP contribution in [0.5, 0.6) is 0 Å². The fourth-order valence-electron chi connectivity index (χ4n) is 2.40. The van der Waals surface area contributed by atoms with Crippen molar-refractivity contribution in [1.82, 2.24) is 9.21 Å². The van der Waals surface area contributed by atoms with E-state index < -0.39 is 15.8 Å². The molecule has 1 amide bonds. The number of halogens is 2. The number of hydrogen-bond donors (Lipinski definition) is 1. The lowest BCUT2D eigenvalue weighted by Gasteiger charge is -2.18. The molecule has 6 nitrogen and oxygen atoms in total. The molecule has 0 fully saturated rings. The number of hydrogen-bond acceptors (Lipinski definition) is 4. The molecule has 0 saturated heterocycles. The van der Waals surface area contributed by atoms with Crippen LogP contribution in [0, 0.1) is 5.82 Å². The van der Waals surface area contributed by atoms with Crippen molar-refractivity contribution in [3.05, 3.63) is 58.9 Å². The molecule has 0 saturated carbocycles. The lowest BCUT2D eigenvalue weighted by Crippen LogP contribution is -2.30. The van der Waals surface area contributed by atoms with Gasteiger partial charge in [0.25, 0.3) is 0 Å². The van der Waals surface area contributed by atoms with E-state index in [1.807, 2.05) is 0 Å². The Balaban J connectivity index is 2.04. The van der Waals surface area contributed by atoms with Crippen molar-refractivity contribution in [3.8, 4) is 0 Å². The number of nitrogens with zero attached hydrogens (tertiary/aromatic N) is 2. The average Bonchev–Trinajstić information content (AvgIpc) is 2.58. The van der Waals surface area contributed by atoms with Crippen LogP contribution < -0.4 is 5.32 Å². The van der Waals surface area contributed by atoms with Gasteiger partial charge in [-0.25, -0.2) is 17.1 Å². The molecule has 0 spiro atoms. The van der Waals surface area contributed by atoms with Crippen molar-refractivity contribution in [2.75, 3.05) is 33.0 Å². The van der Waals surface area contributed by atoms with Gasteiger partial charge in [-0.2, -0.15) is 0 Å². The largest absolute Gasteiger partial charge is 0.325 e. The molecule has 2 aromatic carbocycles. The Kier molecular flexibility index (Phi) is 6.94. The molecule has 27 heavy (non-hydrogen) atoms. The van der Waals surface area contributed by atoms with Crippen molar-refractivity contribution in [2.45, 2.75) is 11.4 Å². The fraction of sp³-hybridized carbons (Fsp3) is 0.278. The van der Waals surface area contributed by atoms with Crippen LogP contribution in [0.1, 0.15) is 5.56 Å². The number of amides is 1. The van der Waals surface area contributed by atoms with Crippen LogP contribution >= 0.6 is 11.6 Å². The molecule has 146 valence electrons. The van der Waals surface area contributed by atoms with Crippen molar-refractivity contribution < 1.29 is 17.6 Å². The van der Waals surface area contributed by atoms with Gasteiger partial charge >= 0.3 is 0 Å². The first-order chi connectivity index (χ1) is 12.6. The molecule has 2 aromatic rings. The second kappa shape index (κ2) is 8.79. The summed E-state index contributed by atoms with van der Waals surface area (Å²) in [6.45, 7) is 0.142. The summed E-state index contributed by atoms with van der Waals surface area (Å²) in [7, 11) is 0.937. The molecule has 2 rings (SSSR count). The van der Waals surface area contributed by atoms with E-state index in [0.717, 1.165) is 4.31 Å². The standard InChI is InChI=1S/C18H21ClFN3O3S/c1-22(2)27(25,26)14-7-4-6-13(10-14)21-18(24)12-23(3)11-15-16(19)8-5-9-17(15)20/h4-10H,11-12H2,1-3H3,(H,21,24).